The number of ether oxygens (including phenoxy) is 2. The Kier molecular flexibility index (Phi) is 5.55. The number of hydrogen-bond donors (Lipinski definition) is 2. The summed E-state index contributed by atoms with van der Waals surface area (Å²) >= 11 is 6.22. The van der Waals surface area contributed by atoms with Gasteiger partial charge in [-0.15, -0.1) is 0 Å². The summed E-state index contributed by atoms with van der Waals surface area (Å²) in [4.78, 5) is 10.4. The fraction of sp³-hybridized carbons (Fsp3) is 0.273. The smallest absolute Gasteiger partial charge is 0.221 e. The molecule has 4 N–H and O–H groups in total. The number of nitrogens with zero attached hydrogens (tertiary/aromatic N) is 3. The molecule has 30 heavy (non-hydrogen) atoms. The molecular formula is C22H24ClN5O2. The van der Waals surface area contributed by atoms with Crippen LogP contribution in [-0.2, 0) is 19.4 Å². The van der Waals surface area contributed by atoms with Crippen molar-refractivity contribution >= 4 is 29.1 Å². The number of halogens is 1. The Morgan fingerprint density at radius 3 is 2.67 bits per heavy atom. The topological polar surface area (TPSA) is 99.5 Å². The predicted molar refractivity (Wildman–Crippen MR) is 119 cm³/mol. The van der Waals surface area contributed by atoms with Crippen molar-refractivity contribution in [2.45, 2.75) is 19.4 Å². The van der Waals surface area contributed by atoms with E-state index < -0.39 is 0 Å². The Balaban J connectivity index is 1.72. The maximum atomic E-state index is 6.22. The van der Waals surface area contributed by atoms with Gasteiger partial charge in [-0.05, 0) is 47.4 Å². The van der Waals surface area contributed by atoms with Crippen molar-refractivity contribution in [3.05, 3.63) is 63.8 Å². The van der Waals surface area contributed by atoms with Crippen LogP contribution < -0.4 is 25.8 Å². The number of methoxy groups -OCH3 is 2. The van der Waals surface area contributed by atoms with Gasteiger partial charge in [-0.1, -0.05) is 17.7 Å². The van der Waals surface area contributed by atoms with E-state index in [1.54, 1.807) is 20.4 Å². The molecule has 2 aromatic carbocycles. The second-order valence-corrected chi connectivity index (χ2v) is 7.69. The van der Waals surface area contributed by atoms with E-state index in [1.165, 1.54) is 11.1 Å². The number of benzene rings is 2. The largest absolute Gasteiger partial charge is 0.493 e. The molecule has 0 spiro atoms. The van der Waals surface area contributed by atoms with Crippen LogP contribution in [0.15, 0.2) is 36.5 Å². The molecule has 0 fully saturated rings. The summed E-state index contributed by atoms with van der Waals surface area (Å²) in [7, 11) is 3.29. The summed E-state index contributed by atoms with van der Waals surface area (Å²) in [5.41, 5.74) is 17.0. The number of nitrogen functional groups attached to an aromatic ring is 2. The first-order valence-corrected chi connectivity index (χ1v) is 10.00. The molecule has 1 aliphatic rings. The highest BCUT2D eigenvalue weighted by Crippen LogP contribution is 2.41. The molecule has 0 bridgehead atoms. The zero-order valence-electron chi connectivity index (χ0n) is 17.0. The number of fused-ring (bicyclic) bond motifs is 1. The number of anilines is 3. The summed E-state index contributed by atoms with van der Waals surface area (Å²) in [6.07, 6.45) is 3.14. The standard InChI is InChI=1S/C22H24ClN5O2/c1-29-19-9-13(7-15-11-26-22(25)27-21(15)24)8-18(20(19)30-2)28-6-5-14-3-4-17(23)10-16(14)12-28/h3-4,8-11H,5-7,12H2,1-2H3,(H4,24,25,26,27). The van der Waals surface area contributed by atoms with E-state index in [2.05, 4.69) is 27.0 Å². The molecule has 1 aromatic heterocycles. The van der Waals surface area contributed by atoms with Gasteiger partial charge in [0.2, 0.25) is 5.95 Å². The Hall–Kier alpha value is -3.19. The first-order chi connectivity index (χ1) is 14.5. The lowest BCUT2D eigenvalue weighted by Crippen LogP contribution is -2.30. The van der Waals surface area contributed by atoms with Crippen molar-refractivity contribution in [2.24, 2.45) is 0 Å². The molecule has 0 unspecified atom stereocenters. The van der Waals surface area contributed by atoms with Crippen LogP contribution in [0.25, 0.3) is 0 Å². The van der Waals surface area contributed by atoms with Crippen molar-refractivity contribution in [3.63, 3.8) is 0 Å². The van der Waals surface area contributed by atoms with Gasteiger partial charge >= 0.3 is 0 Å². The van der Waals surface area contributed by atoms with E-state index >= 15 is 0 Å². The van der Waals surface area contributed by atoms with Gasteiger partial charge < -0.3 is 25.8 Å². The molecule has 0 amide bonds. The second kappa shape index (κ2) is 8.28. The maximum absolute atomic E-state index is 6.22. The predicted octanol–water partition coefficient (Wildman–Crippen LogP) is 3.47. The van der Waals surface area contributed by atoms with Crippen molar-refractivity contribution in [1.29, 1.82) is 0 Å². The van der Waals surface area contributed by atoms with Gasteiger partial charge in [0.15, 0.2) is 11.5 Å². The zero-order chi connectivity index (χ0) is 21.3. The Morgan fingerprint density at radius 2 is 1.93 bits per heavy atom. The van der Waals surface area contributed by atoms with E-state index in [0.717, 1.165) is 41.3 Å². The third-order valence-corrected chi connectivity index (χ3v) is 5.59. The van der Waals surface area contributed by atoms with Crippen LogP contribution >= 0.6 is 11.6 Å². The molecule has 1 aliphatic heterocycles. The molecule has 0 saturated carbocycles. The zero-order valence-corrected chi connectivity index (χ0v) is 17.7. The van der Waals surface area contributed by atoms with Gasteiger partial charge in [-0.3, -0.25) is 0 Å². The Labute approximate surface area is 180 Å². The number of rotatable bonds is 5. The minimum atomic E-state index is 0.162. The van der Waals surface area contributed by atoms with Gasteiger partial charge in [0, 0.05) is 36.3 Å². The summed E-state index contributed by atoms with van der Waals surface area (Å²) in [6, 6.07) is 10.1. The second-order valence-electron chi connectivity index (χ2n) is 7.25. The lowest BCUT2D eigenvalue weighted by atomic mass is 9.98. The average molecular weight is 426 g/mol. The third kappa shape index (κ3) is 3.93. The van der Waals surface area contributed by atoms with Gasteiger partial charge in [-0.25, -0.2) is 4.98 Å². The summed E-state index contributed by atoms with van der Waals surface area (Å²) < 4.78 is 11.3. The van der Waals surface area contributed by atoms with Crippen LogP contribution in [0.1, 0.15) is 22.3 Å². The fourth-order valence-electron chi connectivity index (χ4n) is 3.86. The highest BCUT2D eigenvalue weighted by molar-refractivity contribution is 6.30. The van der Waals surface area contributed by atoms with E-state index in [-0.39, 0.29) is 5.95 Å². The minimum absolute atomic E-state index is 0.162. The van der Waals surface area contributed by atoms with Crippen LogP contribution in [0.2, 0.25) is 5.02 Å². The van der Waals surface area contributed by atoms with Crippen molar-refractivity contribution in [2.75, 3.05) is 37.1 Å². The molecule has 8 heteroatoms. The third-order valence-electron chi connectivity index (χ3n) is 5.35. The van der Waals surface area contributed by atoms with Crippen LogP contribution in [0.5, 0.6) is 11.5 Å². The highest BCUT2D eigenvalue weighted by Gasteiger charge is 2.23. The van der Waals surface area contributed by atoms with E-state index in [1.807, 2.05) is 18.2 Å². The molecule has 2 heterocycles. The monoisotopic (exact) mass is 425 g/mol. The molecule has 3 aromatic rings. The van der Waals surface area contributed by atoms with E-state index in [9.17, 15) is 0 Å². The lowest BCUT2D eigenvalue weighted by molar-refractivity contribution is 0.354. The van der Waals surface area contributed by atoms with Crippen LogP contribution in [0, 0.1) is 0 Å². The fourth-order valence-corrected chi connectivity index (χ4v) is 4.05. The molecular weight excluding hydrogens is 402 g/mol. The quantitative estimate of drug-likeness (QED) is 0.645. The van der Waals surface area contributed by atoms with Crippen molar-refractivity contribution < 1.29 is 9.47 Å². The van der Waals surface area contributed by atoms with E-state index in [0.29, 0.717) is 23.7 Å². The van der Waals surface area contributed by atoms with Gasteiger partial charge in [0.25, 0.3) is 0 Å². The highest BCUT2D eigenvalue weighted by atomic mass is 35.5. The maximum Gasteiger partial charge on any atom is 0.221 e. The normalized spacial score (nSPS) is 13.1. The molecule has 0 radical (unpaired) electrons. The molecule has 4 rings (SSSR count). The molecule has 7 nitrogen and oxygen atoms in total. The van der Waals surface area contributed by atoms with Crippen LogP contribution in [0.4, 0.5) is 17.5 Å². The first kappa shape index (κ1) is 20.1. The van der Waals surface area contributed by atoms with Crippen LogP contribution in [0.3, 0.4) is 0 Å². The Morgan fingerprint density at radius 1 is 1.10 bits per heavy atom. The number of aromatic nitrogens is 2. The molecule has 0 atom stereocenters. The van der Waals surface area contributed by atoms with E-state index in [4.69, 9.17) is 32.5 Å². The molecule has 0 saturated heterocycles. The van der Waals surface area contributed by atoms with Gasteiger partial charge in [-0.2, -0.15) is 4.98 Å². The van der Waals surface area contributed by atoms with Gasteiger partial charge in [0.1, 0.15) is 5.82 Å². The minimum Gasteiger partial charge on any atom is -0.493 e. The molecule has 0 aliphatic carbocycles. The van der Waals surface area contributed by atoms with Gasteiger partial charge in [0.05, 0.1) is 19.9 Å². The van der Waals surface area contributed by atoms with Crippen LogP contribution in [-0.4, -0.2) is 30.7 Å². The van der Waals surface area contributed by atoms with Crippen molar-refractivity contribution in [3.8, 4) is 11.5 Å². The summed E-state index contributed by atoms with van der Waals surface area (Å²) in [6.45, 7) is 1.61. The number of nitrogens with two attached hydrogens (primary N) is 2. The summed E-state index contributed by atoms with van der Waals surface area (Å²) in [5, 5.41) is 0.743. The average Bonchev–Trinajstić information content (AvgIpc) is 2.74. The SMILES string of the molecule is COc1cc(Cc2cnc(N)nc2N)cc(N2CCc3ccc(Cl)cc3C2)c1OC. The Bertz CT molecular complexity index is 1090. The molecule has 156 valence electrons. The number of hydrogen-bond acceptors (Lipinski definition) is 7. The summed E-state index contributed by atoms with van der Waals surface area (Å²) in [5.74, 6) is 1.90. The lowest BCUT2D eigenvalue weighted by Gasteiger charge is -2.32. The van der Waals surface area contributed by atoms with Crippen molar-refractivity contribution in [1.82, 2.24) is 9.97 Å². The first-order valence-electron chi connectivity index (χ1n) is 9.62.